The Hall–Kier alpha value is -2.89. The van der Waals surface area contributed by atoms with Gasteiger partial charge in [0.2, 0.25) is 0 Å². The fourth-order valence-electron chi connectivity index (χ4n) is 4.29. The summed E-state index contributed by atoms with van der Waals surface area (Å²) in [7, 11) is 0.728. The highest BCUT2D eigenvalue weighted by atomic mass is 16.6. The lowest BCUT2D eigenvalue weighted by molar-refractivity contribution is -0.139. The summed E-state index contributed by atoms with van der Waals surface area (Å²) < 4.78 is 24.2. The average molecular weight is 484 g/mol. The van der Waals surface area contributed by atoms with Crippen LogP contribution in [0.4, 0.5) is 11.5 Å². The van der Waals surface area contributed by atoms with Crippen LogP contribution in [0.25, 0.3) is 0 Å². The van der Waals surface area contributed by atoms with E-state index in [1.807, 2.05) is 18.2 Å². The van der Waals surface area contributed by atoms with E-state index in [4.69, 9.17) is 24.5 Å². The highest BCUT2D eigenvalue weighted by molar-refractivity contribution is 6.62. The quantitative estimate of drug-likeness (QED) is 0.450. The van der Waals surface area contributed by atoms with Gasteiger partial charge >= 0.3 is 13.1 Å². The number of carbonyl (C=O) groups excluding carboxylic acids is 2. The van der Waals surface area contributed by atoms with Gasteiger partial charge in [-0.2, -0.15) is 5.10 Å². The Morgan fingerprint density at radius 2 is 2.06 bits per heavy atom. The topological polar surface area (TPSA) is 127 Å². The Morgan fingerprint density at radius 3 is 2.71 bits per heavy atom. The monoisotopic (exact) mass is 484 g/mol. The summed E-state index contributed by atoms with van der Waals surface area (Å²) in [5, 5.41) is 7.85. The minimum absolute atomic E-state index is 0.0165. The smallest absolute Gasteiger partial charge is 0.469 e. The fraction of sp³-hybridized carbons (Fsp3) is 0.542. The van der Waals surface area contributed by atoms with Gasteiger partial charge in [-0.25, -0.2) is 0 Å². The highest BCUT2D eigenvalue weighted by Gasteiger charge is 2.35. The van der Waals surface area contributed by atoms with Crippen molar-refractivity contribution >= 4 is 36.0 Å². The lowest BCUT2D eigenvalue weighted by atomic mass is 9.72. The number of esters is 1. The molecule has 3 N–H and O–H groups in total. The summed E-state index contributed by atoms with van der Waals surface area (Å²) in [4.78, 5) is 24.2. The fourth-order valence-corrected chi connectivity index (χ4v) is 4.29. The minimum atomic E-state index is -0.627. The van der Waals surface area contributed by atoms with Gasteiger partial charge in [0.1, 0.15) is 5.56 Å². The highest BCUT2D eigenvalue weighted by Crippen LogP contribution is 2.29. The average Bonchev–Trinajstić information content (AvgIpc) is 3.24. The van der Waals surface area contributed by atoms with E-state index in [0.29, 0.717) is 42.7 Å². The molecule has 2 atom stereocenters. The van der Waals surface area contributed by atoms with Gasteiger partial charge in [-0.05, 0) is 35.5 Å². The van der Waals surface area contributed by atoms with Crippen LogP contribution in [0.2, 0.25) is 0 Å². The molecule has 188 valence electrons. The van der Waals surface area contributed by atoms with Crippen LogP contribution in [0.5, 0.6) is 0 Å². The first-order chi connectivity index (χ1) is 16.7. The van der Waals surface area contributed by atoms with Crippen molar-refractivity contribution < 1.29 is 28.4 Å². The molecule has 1 unspecified atom stereocenters. The molecule has 4 rings (SSSR count). The standard InChI is InChI=1S/C24H33BN4O6/c1-15-7-8-33-12-20(15)29-11-18(22(26)31)23(28-29)27-17-6-5-16(9-21(30)32-4)19(10-17)25-34-13-24(2,3)14-35-25/h5-6,10-11,15,20H,7-9,12-14H2,1-4H3,(H2,26,31)(H,27,28)/t15-,20?/m0/s1. The molecule has 0 saturated carbocycles. The molecular weight excluding hydrogens is 451 g/mol. The molecule has 2 saturated heterocycles. The maximum absolute atomic E-state index is 12.2. The third-order valence-corrected chi connectivity index (χ3v) is 6.48. The van der Waals surface area contributed by atoms with Crippen molar-refractivity contribution in [3.63, 3.8) is 0 Å². The first kappa shape index (κ1) is 25.2. The molecule has 0 radical (unpaired) electrons. The van der Waals surface area contributed by atoms with Gasteiger partial charge in [-0.1, -0.05) is 26.8 Å². The van der Waals surface area contributed by atoms with Gasteiger partial charge in [0.15, 0.2) is 5.82 Å². The van der Waals surface area contributed by atoms with Crippen molar-refractivity contribution in [2.24, 2.45) is 17.1 Å². The number of nitrogens with zero attached hydrogens (tertiary/aromatic N) is 2. The van der Waals surface area contributed by atoms with Gasteiger partial charge in [-0.15, -0.1) is 0 Å². The van der Waals surface area contributed by atoms with Crippen LogP contribution >= 0.6 is 0 Å². The predicted molar refractivity (Wildman–Crippen MR) is 131 cm³/mol. The number of ether oxygens (including phenoxy) is 2. The van der Waals surface area contributed by atoms with Crippen molar-refractivity contribution in [1.29, 1.82) is 0 Å². The van der Waals surface area contributed by atoms with Crippen molar-refractivity contribution in [3.8, 4) is 0 Å². The second-order valence-corrected chi connectivity index (χ2v) is 10.1. The second kappa shape index (κ2) is 10.4. The maximum Gasteiger partial charge on any atom is 0.494 e. The molecule has 1 amide bonds. The first-order valence-corrected chi connectivity index (χ1v) is 11.8. The Labute approximate surface area is 205 Å². The molecule has 2 aromatic rings. The van der Waals surface area contributed by atoms with Gasteiger partial charge < -0.3 is 29.8 Å². The molecule has 0 bridgehead atoms. The van der Waals surface area contributed by atoms with Crippen LogP contribution in [0.3, 0.4) is 0 Å². The van der Waals surface area contributed by atoms with Gasteiger partial charge in [0, 0.05) is 37.1 Å². The molecule has 35 heavy (non-hydrogen) atoms. The zero-order valence-corrected chi connectivity index (χ0v) is 20.7. The van der Waals surface area contributed by atoms with E-state index in [9.17, 15) is 9.59 Å². The van der Waals surface area contributed by atoms with E-state index in [-0.39, 0.29) is 29.4 Å². The lowest BCUT2D eigenvalue weighted by Crippen LogP contribution is -2.48. The SMILES string of the molecule is COC(=O)Cc1ccc(Nc2nn(C3COCC[C@@H]3C)cc2C(N)=O)cc1B1OCC(C)(C)CO1. The van der Waals surface area contributed by atoms with Crippen LogP contribution in [-0.2, 0) is 30.0 Å². The van der Waals surface area contributed by atoms with E-state index in [0.717, 1.165) is 18.6 Å². The van der Waals surface area contributed by atoms with Crippen LogP contribution in [0, 0.1) is 11.3 Å². The number of rotatable bonds is 7. The van der Waals surface area contributed by atoms with Gasteiger partial charge in [0.05, 0.1) is 26.2 Å². The number of methoxy groups -OCH3 is 1. The van der Waals surface area contributed by atoms with E-state index >= 15 is 0 Å². The molecular formula is C24H33BN4O6. The Kier molecular flexibility index (Phi) is 7.49. The summed E-state index contributed by atoms with van der Waals surface area (Å²) >= 11 is 0. The molecule has 11 heteroatoms. The first-order valence-electron chi connectivity index (χ1n) is 11.8. The summed E-state index contributed by atoms with van der Waals surface area (Å²) in [6, 6.07) is 5.49. The summed E-state index contributed by atoms with van der Waals surface area (Å²) in [5.41, 5.74) is 7.95. The summed E-state index contributed by atoms with van der Waals surface area (Å²) in [6.07, 6.45) is 2.67. The minimum Gasteiger partial charge on any atom is -0.469 e. The predicted octanol–water partition coefficient (Wildman–Crippen LogP) is 1.81. The molecule has 1 aromatic heterocycles. The number of amides is 1. The number of hydrogen-bond donors (Lipinski definition) is 2. The van der Waals surface area contributed by atoms with Crippen LogP contribution in [-0.4, -0.2) is 62.3 Å². The molecule has 10 nitrogen and oxygen atoms in total. The zero-order chi connectivity index (χ0) is 25.2. The number of anilines is 2. The number of nitrogens with one attached hydrogen (secondary N) is 1. The van der Waals surface area contributed by atoms with Gasteiger partial charge in [-0.3, -0.25) is 14.3 Å². The summed E-state index contributed by atoms with van der Waals surface area (Å²) in [6.45, 7) is 8.56. The Bertz CT molecular complexity index is 1080. The van der Waals surface area contributed by atoms with E-state index in [1.54, 1.807) is 10.9 Å². The number of primary amides is 1. The third kappa shape index (κ3) is 5.86. The molecule has 1 aromatic carbocycles. The normalized spacial score (nSPS) is 22.0. The Balaban J connectivity index is 1.63. The number of aromatic nitrogens is 2. The third-order valence-electron chi connectivity index (χ3n) is 6.48. The van der Waals surface area contributed by atoms with Crippen molar-refractivity contribution in [2.75, 3.05) is 38.9 Å². The maximum atomic E-state index is 12.2. The zero-order valence-electron chi connectivity index (χ0n) is 20.7. The van der Waals surface area contributed by atoms with Crippen molar-refractivity contribution in [2.45, 2.75) is 39.7 Å². The second-order valence-electron chi connectivity index (χ2n) is 10.1. The number of nitrogens with two attached hydrogens (primary N) is 1. The molecule has 0 spiro atoms. The van der Waals surface area contributed by atoms with Crippen molar-refractivity contribution in [1.82, 2.24) is 9.78 Å². The molecule has 3 heterocycles. The van der Waals surface area contributed by atoms with Crippen LogP contribution in [0.1, 0.15) is 49.2 Å². The number of carbonyl (C=O) groups is 2. The lowest BCUT2D eigenvalue weighted by Gasteiger charge is -2.33. The van der Waals surface area contributed by atoms with Crippen LogP contribution in [0.15, 0.2) is 24.4 Å². The molecule has 2 aliphatic rings. The largest absolute Gasteiger partial charge is 0.494 e. The van der Waals surface area contributed by atoms with E-state index < -0.39 is 13.0 Å². The number of benzene rings is 1. The van der Waals surface area contributed by atoms with E-state index in [2.05, 4.69) is 31.2 Å². The van der Waals surface area contributed by atoms with Crippen LogP contribution < -0.4 is 16.5 Å². The molecule has 0 aliphatic carbocycles. The molecule has 2 fully saturated rings. The van der Waals surface area contributed by atoms with E-state index in [1.165, 1.54) is 7.11 Å². The number of hydrogen-bond acceptors (Lipinski definition) is 8. The Morgan fingerprint density at radius 1 is 1.31 bits per heavy atom. The van der Waals surface area contributed by atoms with Gasteiger partial charge in [0.25, 0.3) is 5.91 Å². The summed E-state index contributed by atoms with van der Waals surface area (Å²) in [5.74, 6) is -0.228. The molecule has 2 aliphatic heterocycles. The van der Waals surface area contributed by atoms with Crippen molar-refractivity contribution in [3.05, 3.63) is 35.5 Å².